The number of ether oxygens (including phenoxy) is 1. The fraction of sp³-hybridized carbons (Fsp3) is 0.700. The minimum atomic E-state index is 0.223. The molecular weight excluding hydrogens is 194 g/mol. The molecule has 2 heterocycles. The Morgan fingerprint density at radius 1 is 1.67 bits per heavy atom. The molecule has 0 amide bonds. The summed E-state index contributed by atoms with van der Waals surface area (Å²) in [5.74, 6) is 0. The average Bonchev–Trinajstić information content (AvgIpc) is 2.61. The first kappa shape index (κ1) is 10.4. The number of aromatic nitrogens is 1. The maximum atomic E-state index is 5.55. The van der Waals surface area contributed by atoms with Gasteiger partial charge in [-0.15, -0.1) is 0 Å². The molecule has 1 aromatic rings. The van der Waals surface area contributed by atoms with Crippen molar-refractivity contribution in [1.29, 1.82) is 0 Å². The number of oxazole rings is 1. The zero-order valence-corrected chi connectivity index (χ0v) is 8.98. The fourth-order valence-corrected chi connectivity index (χ4v) is 1.70. The van der Waals surface area contributed by atoms with E-state index < -0.39 is 0 Å². The molecular formula is C10H17N3O2. The predicted molar refractivity (Wildman–Crippen MR) is 56.6 cm³/mol. The van der Waals surface area contributed by atoms with E-state index in [0.717, 1.165) is 31.8 Å². The van der Waals surface area contributed by atoms with Crippen LogP contribution in [0.5, 0.6) is 0 Å². The zero-order valence-electron chi connectivity index (χ0n) is 8.98. The number of rotatable bonds is 2. The summed E-state index contributed by atoms with van der Waals surface area (Å²) in [5, 5.41) is 0. The summed E-state index contributed by atoms with van der Waals surface area (Å²) in [4.78, 5) is 6.42. The van der Waals surface area contributed by atoms with Crippen LogP contribution < -0.4 is 10.6 Å². The largest absolute Gasteiger partial charge is 0.432 e. The molecule has 0 aromatic carbocycles. The molecule has 1 fully saturated rings. The molecule has 1 unspecified atom stereocenters. The van der Waals surface area contributed by atoms with Gasteiger partial charge in [0.1, 0.15) is 6.26 Å². The molecule has 2 N–H and O–H groups in total. The van der Waals surface area contributed by atoms with Crippen LogP contribution >= 0.6 is 0 Å². The van der Waals surface area contributed by atoms with Crippen molar-refractivity contribution in [2.24, 2.45) is 5.73 Å². The van der Waals surface area contributed by atoms with Crippen molar-refractivity contribution >= 4 is 6.01 Å². The SMILES string of the molecule is CC1CN(c2nc(CN)co2)CCCO1. The van der Waals surface area contributed by atoms with Crippen molar-refractivity contribution in [3.05, 3.63) is 12.0 Å². The molecule has 0 saturated carbocycles. The lowest BCUT2D eigenvalue weighted by atomic mass is 10.3. The second kappa shape index (κ2) is 4.63. The van der Waals surface area contributed by atoms with Crippen molar-refractivity contribution < 1.29 is 9.15 Å². The van der Waals surface area contributed by atoms with Crippen LogP contribution in [0.2, 0.25) is 0 Å². The standard InChI is InChI=1S/C10H17N3O2/c1-8-6-13(3-2-4-14-8)10-12-9(5-11)7-15-10/h7-8H,2-6,11H2,1H3. The first-order valence-corrected chi connectivity index (χ1v) is 5.30. The third-order valence-corrected chi connectivity index (χ3v) is 2.47. The summed E-state index contributed by atoms with van der Waals surface area (Å²) in [6.07, 6.45) is 2.84. The highest BCUT2D eigenvalue weighted by molar-refractivity contribution is 5.27. The third kappa shape index (κ3) is 2.49. The monoisotopic (exact) mass is 211 g/mol. The Labute approximate surface area is 89.2 Å². The molecule has 1 aromatic heterocycles. The topological polar surface area (TPSA) is 64.5 Å². The van der Waals surface area contributed by atoms with Gasteiger partial charge in [-0.05, 0) is 13.3 Å². The number of hydrogen-bond donors (Lipinski definition) is 1. The summed E-state index contributed by atoms with van der Waals surface area (Å²) < 4.78 is 10.9. The highest BCUT2D eigenvalue weighted by Gasteiger charge is 2.18. The summed E-state index contributed by atoms with van der Waals surface area (Å²) in [6.45, 7) is 5.04. The Bertz CT molecular complexity index is 313. The molecule has 5 heteroatoms. The van der Waals surface area contributed by atoms with Gasteiger partial charge >= 0.3 is 0 Å². The smallest absolute Gasteiger partial charge is 0.297 e. The van der Waals surface area contributed by atoms with Gasteiger partial charge in [0.15, 0.2) is 0 Å². The van der Waals surface area contributed by atoms with Gasteiger partial charge in [-0.3, -0.25) is 0 Å². The molecule has 0 radical (unpaired) electrons. The number of nitrogens with zero attached hydrogens (tertiary/aromatic N) is 2. The third-order valence-electron chi connectivity index (χ3n) is 2.47. The van der Waals surface area contributed by atoms with E-state index in [1.54, 1.807) is 6.26 Å². The minimum Gasteiger partial charge on any atom is -0.432 e. The van der Waals surface area contributed by atoms with Crippen LogP contribution in [0.3, 0.4) is 0 Å². The predicted octanol–water partition coefficient (Wildman–Crippen LogP) is 0.748. The van der Waals surface area contributed by atoms with Gasteiger partial charge < -0.3 is 19.8 Å². The quantitative estimate of drug-likeness (QED) is 0.782. The van der Waals surface area contributed by atoms with Gasteiger partial charge in [0, 0.05) is 26.2 Å². The van der Waals surface area contributed by atoms with E-state index >= 15 is 0 Å². The van der Waals surface area contributed by atoms with Gasteiger partial charge in [-0.1, -0.05) is 0 Å². The Hall–Kier alpha value is -1.07. The van der Waals surface area contributed by atoms with Crippen molar-refractivity contribution in [2.45, 2.75) is 26.0 Å². The molecule has 84 valence electrons. The summed E-state index contributed by atoms with van der Waals surface area (Å²) >= 11 is 0. The lowest BCUT2D eigenvalue weighted by Crippen LogP contribution is -2.30. The number of anilines is 1. The average molecular weight is 211 g/mol. The maximum absolute atomic E-state index is 5.55. The van der Waals surface area contributed by atoms with Gasteiger partial charge in [0.2, 0.25) is 0 Å². The first-order valence-electron chi connectivity index (χ1n) is 5.30. The van der Waals surface area contributed by atoms with Gasteiger partial charge in [0.05, 0.1) is 11.8 Å². The maximum Gasteiger partial charge on any atom is 0.297 e. The van der Waals surface area contributed by atoms with E-state index in [0.29, 0.717) is 12.6 Å². The molecule has 5 nitrogen and oxygen atoms in total. The Balaban J connectivity index is 2.07. The van der Waals surface area contributed by atoms with E-state index in [4.69, 9.17) is 14.9 Å². The molecule has 2 rings (SSSR count). The molecule has 0 spiro atoms. The van der Waals surface area contributed by atoms with Crippen LogP contribution in [0.1, 0.15) is 19.0 Å². The Kier molecular flexibility index (Phi) is 3.23. The first-order chi connectivity index (χ1) is 7.29. The summed E-state index contributed by atoms with van der Waals surface area (Å²) in [6, 6.07) is 0.660. The van der Waals surface area contributed by atoms with E-state index in [1.807, 2.05) is 0 Å². The molecule has 15 heavy (non-hydrogen) atoms. The fourth-order valence-electron chi connectivity index (χ4n) is 1.70. The van der Waals surface area contributed by atoms with Crippen LogP contribution in [0.4, 0.5) is 6.01 Å². The van der Waals surface area contributed by atoms with Crippen molar-refractivity contribution in [1.82, 2.24) is 4.98 Å². The second-order valence-electron chi connectivity index (χ2n) is 3.81. The van der Waals surface area contributed by atoms with Crippen LogP contribution in [0, 0.1) is 0 Å². The number of hydrogen-bond acceptors (Lipinski definition) is 5. The van der Waals surface area contributed by atoms with Crippen LogP contribution in [0.15, 0.2) is 10.7 Å². The van der Waals surface area contributed by atoms with Gasteiger partial charge in [-0.2, -0.15) is 4.98 Å². The Morgan fingerprint density at radius 2 is 2.53 bits per heavy atom. The summed E-state index contributed by atoms with van der Waals surface area (Å²) in [7, 11) is 0. The van der Waals surface area contributed by atoms with Crippen molar-refractivity contribution in [3.63, 3.8) is 0 Å². The second-order valence-corrected chi connectivity index (χ2v) is 3.81. The van der Waals surface area contributed by atoms with Gasteiger partial charge in [0.25, 0.3) is 6.01 Å². The lowest BCUT2D eigenvalue weighted by Gasteiger charge is -2.19. The molecule has 1 aliphatic heterocycles. The van der Waals surface area contributed by atoms with Crippen molar-refractivity contribution in [2.75, 3.05) is 24.6 Å². The van der Waals surface area contributed by atoms with E-state index in [9.17, 15) is 0 Å². The molecule has 0 aliphatic carbocycles. The minimum absolute atomic E-state index is 0.223. The Morgan fingerprint density at radius 3 is 3.27 bits per heavy atom. The van der Waals surface area contributed by atoms with Gasteiger partial charge in [-0.25, -0.2) is 0 Å². The van der Waals surface area contributed by atoms with Crippen LogP contribution in [-0.4, -0.2) is 30.8 Å². The molecule has 1 saturated heterocycles. The van der Waals surface area contributed by atoms with Crippen molar-refractivity contribution in [3.8, 4) is 0 Å². The summed E-state index contributed by atoms with van der Waals surface area (Å²) in [5.41, 5.74) is 6.28. The highest BCUT2D eigenvalue weighted by Crippen LogP contribution is 2.16. The molecule has 1 atom stereocenters. The number of nitrogens with two attached hydrogens (primary N) is 1. The zero-order chi connectivity index (χ0) is 10.7. The highest BCUT2D eigenvalue weighted by atomic mass is 16.5. The molecule has 0 bridgehead atoms. The van der Waals surface area contributed by atoms with E-state index in [2.05, 4.69) is 16.8 Å². The normalized spacial score (nSPS) is 22.8. The van der Waals surface area contributed by atoms with E-state index in [1.165, 1.54) is 0 Å². The van der Waals surface area contributed by atoms with Crippen LogP contribution in [0.25, 0.3) is 0 Å². The lowest BCUT2D eigenvalue weighted by molar-refractivity contribution is 0.0818. The molecule has 1 aliphatic rings. The van der Waals surface area contributed by atoms with Crippen LogP contribution in [-0.2, 0) is 11.3 Å². The van der Waals surface area contributed by atoms with E-state index in [-0.39, 0.29) is 6.10 Å².